The summed E-state index contributed by atoms with van der Waals surface area (Å²) in [5.74, 6) is -1.04. The third kappa shape index (κ3) is 7.08. The highest BCUT2D eigenvalue weighted by Crippen LogP contribution is 2.23. The average molecular weight is 474 g/mol. The highest BCUT2D eigenvalue weighted by atomic mass is 32.2. The van der Waals surface area contributed by atoms with Crippen LogP contribution in [0.3, 0.4) is 0 Å². The van der Waals surface area contributed by atoms with Crippen molar-refractivity contribution >= 4 is 31.5 Å². The summed E-state index contributed by atoms with van der Waals surface area (Å²) in [6, 6.07) is 5.50. The van der Waals surface area contributed by atoms with Crippen LogP contribution in [0.1, 0.15) is 33.1 Å². The van der Waals surface area contributed by atoms with Gasteiger partial charge in [-0.15, -0.1) is 0 Å². The topological polar surface area (TPSA) is 122 Å². The van der Waals surface area contributed by atoms with E-state index in [1.54, 1.807) is 24.3 Å². The number of sulfone groups is 1. The quantitative estimate of drug-likeness (QED) is 0.577. The molecule has 0 saturated carbocycles. The number of sulfonamides is 1. The Kier molecular flexibility index (Phi) is 7.48. The smallest absolute Gasteiger partial charge is 0.241 e. The maximum Gasteiger partial charge on any atom is 0.241 e. The number of carbonyl (C=O) groups is 1. The highest BCUT2D eigenvalue weighted by Gasteiger charge is 2.42. The van der Waals surface area contributed by atoms with E-state index in [1.807, 2.05) is 13.8 Å². The number of rotatable bonds is 8. The maximum absolute atomic E-state index is 12.5. The summed E-state index contributed by atoms with van der Waals surface area (Å²) >= 11 is 0. The molecule has 9 nitrogen and oxygen atoms in total. The van der Waals surface area contributed by atoms with E-state index in [-0.39, 0.29) is 23.7 Å². The molecule has 0 aromatic heterocycles. The number of carbonyl (C=O) groups excluding carboxylic acids is 1. The van der Waals surface area contributed by atoms with Gasteiger partial charge in [-0.05, 0) is 64.0 Å². The summed E-state index contributed by atoms with van der Waals surface area (Å²) < 4.78 is 57.1. The lowest BCUT2D eigenvalue weighted by Gasteiger charge is -2.35. The molecule has 0 radical (unpaired) electrons. The Morgan fingerprint density at radius 2 is 1.77 bits per heavy atom. The average Bonchev–Trinajstić information content (AvgIpc) is 2.97. The van der Waals surface area contributed by atoms with Crippen LogP contribution >= 0.6 is 0 Å². The third-order valence-corrected chi connectivity index (χ3v) is 8.25. The van der Waals surface area contributed by atoms with Crippen LogP contribution < -0.4 is 14.8 Å². The van der Waals surface area contributed by atoms with Crippen molar-refractivity contribution in [2.75, 3.05) is 35.1 Å². The summed E-state index contributed by atoms with van der Waals surface area (Å²) in [5.41, 5.74) is 0.318. The molecule has 1 amide bonds. The van der Waals surface area contributed by atoms with E-state index in [4.69, 9.17) is 4.74 Å². The molecule has 31 heavy (non-hydrogen) atoms. The number of nitrogens with zero attached hydrogens (tertiary/aromatic N) is 1. The molecule has 2 aliphatic rings. The standard InChI is InChI=1S/C20H31N3O6S2/c1-15(2)29-17-8-6-16(7-9-17)22-31(27,28)14-20(24)21-18-12-30(25,26)13-19(18)23-10-4-3-5-11-23/h6-9,15,18-19,22H,3-5,10-14H2,1-2H3,(H,21,24). The second kappa shape index (κ2) is 9.74. The van der Waals surface area contributed by atoms with E-state index in [0.29, 0.717) is 11.4 Å². The SMILES string of the molecule is CC(C)Oc1ccc(NS(=O)(=O)CC(=O)NC2CS(=O)(=O)CC2N2CCCCC2)cc1. The monoisotopic (exact) mass is 473 g/mol. The summed E-state index contributed by atoms with van der Waals surface area (Å²) in [4.78, 5) is 14.6. The Morgan fingerprint density at radius 3 is 2.39 bits per heavy atom. The Morgan fingerprint density at radius 1 is 1.13 bits per heavy atom. The Hall–Kier alpha value is -1.85. The van der Waals surface area contributed by atoms with Crippen LogP contribution in [0.5, 0.6) is 5.75 Å². The minimum absolute atomic E-state index is 0.000554. The molecule has 1 aromatic carbocycles. The molecule has 2 N–H and O–H groups in total. The molecule has 2 aliphatic heterocycles. The molecular formula is C20H31N3O6S2. The second-order valence-electron chi connectivity index (χ2n) is 8.47. The van der Waals surface area contributed by atoms with Gasteiger partial charge in [-0.3, -0.25) is 14.4 Å². The summed E-state index contributed by atoms with van der Waals surface area (Å²) in [6.45, 7) is 5.37. The van der Waals surface area contributed by atoms with Gasteiger partial charge < -0.3 is 10.1 Å². The first-order valence-corrected chi connectivity index (χ1v) is 14.0. The lowest BCUT2D eigenvalue weighted by molar-refractivity contribution is -0.119. The zero-order valence-electron chi connectivity index (χ0n) is 17.9. The maximum atomic E-state index is 12.5. The van der Waals surface area contributed by atoms with Crippen LogP contribution in [0.15, 0.2) is 24.3 Å². The van der Waals surface area contributed by atoms with Crippen molar-refractivity contribution in [3.05, 3.63) is 24.3 Å². The number of amides is 1. The zero-order valence-corrected chi connectivity index (χ0v) is 19.5. The molecule has 2 unspecified atom stereocenters. The molecular weight excluding hydrogens is 442 g/mol. The van der Waals surface area contributed by atoms with Gasteiger partial charge in [0.1, 0.15) is 11.5 Å². The molecule has 11 heteroatoms. The van der Waals surface area contributed by atoms with E-state index in [2.05, 4.69) is 14.9 Å². The number of benzene rings is 1. The predicted octanol–water partition coefficient (Wildman–Crippen LogP) is 0.983. The fraction of sp³-hybridized carbons (Fsp3) is 0.650. The molecule has 0 bridgehead atoms. The van der Waals surface area contributed by atoms with Crippen molar-refractivity contribution in [1.29, 1.82) is 0 Å². The van der Waals surface area contributed by atoms with E-state index < -0.39 is 37.6 Å². The molecule has 0 spiro atoms. The number of ether oxygens (including phenoxy) is 1. The largest absolute Gasteiger partial charge is 0.491 e. The summed E-state index contributed by atoms with van der Waals surface area (Å²) in [7, 11) is -7.23. The fourth-order valence-corrected chi connectivity index (χ4v) is 7.04. The van der Waals surface area contributed by atoms with Gasteiger partial charge in [0.15, 0.2) is 9.84 Å². The van der Waals surface area contributed by atoms with E-state index in [9.17, 15) is 21.6 Å². The van der Waals surface area contributed by atoms with Gasteiger partial charge in [-0.1, -0.05) is 6.42 Å². The minimum Gasteiger partial charge on any atom is -0.491 e. The number of piperidine rings is 1. The van der Waals surface area contributed by atoms with Crippen molar-refractivity contribution in [2.24, 2.45) is 0 Å². The molecule has 2 saturated heterocycles. The third-order valence-electron chi connectivity index (χ3n) is 5.35. The van der Waals surface area contributed by atoms with Crippen LogP contribution in [-0.4, -0.2) is 76.2 Å². The first-order chi connectivity index (χ1) is 14.5. The Labute approximate surface area is 184 Å². The molecule has 1 aromatic rings. The Balaban J connectivity index is 1.59. The molecule has 0 aliphatic carbocycles. The minimum atomic E-state index is -3.95. The normalized spacial score (nSPS) is 24.1. The number of hydrogen-bond donors (Lipinski definition) is 2. The lowest BCUT2D eigenvalue weighted by atomic mass is 10.1. The van der Waals surface area contributed by atoms with E-state index in [1.165, 1.54) is 0 Å². The van der Waals surface area contributed by atoms with Gasteiger partial charge >= 0.3 is 0 Å². The van der Waals surface area contributed by atoms with Crippen LogP contribution in [0.4, 0.5) is 5.69 Å². The highest BCUT2D eigenvalue weighted by molar-refractivity contribution is 7.93. The van der Waals surface area contributed by atoms with Gasteiger partial charge in [0, 0.05) is 11.7 Å². The van der Waals surface area contributed by atoms with E-state index in [0.717, 1.165) is 32.4 Å². The summed E-state index contributed by atoms with van der Waals surface area (Å²) in [6.07, 6.45) is 3.11. The number of likely N-dealkylation sites (tertiary alicyclic amines) is 1. The molecule has 2 atom stereocenters. The number of anilines is 1. The van der Waals surface area contributed by atoms with E-state index >= 15 is 0 Å². The van der Waals surface area contributed by atoms with Gasteiger partial charge in [-0.2, -0.15) is 0 Å². The molecule has 2 fully saturated rings. The van der Waals surface area contributed by atoms with Crippen molar-refractivity contribution in [2.45, 2.75) is 51.3 Å². The van der Waals surface area contributed by atoms with Crippen LogP contribution in [0.25, 0.3) is 0 Å². The predicted molar refractivity (Wildman–Crippen MR) is 119 cm³/mol. The number of hydrogen-bond acceptors (Lipinski definition) is 7. The van der Waals surface area contributed by atoms with Crippen LogP contribution in [0, 0.1) is 0 Å². The van der Waals surface area contributed by atoms with Crippen molar-refractivity contribution in [3.63, 3.8) is 0 Å². The van der Waals surface area contributed by atoms with Crippen LogP contribution in [0.2, 0.25) is 0 Å². The molecule has 3 rings (SSSR count). The lowest BCUT2D eigenvalue weighted by Crippen LogP contribution is -2.53. The summed E-state index contributed by atoms with van der Waals surface area (Å²) in [5, 5.41) is 2.66. The fourth-order valence-electron chi connectivity index (χ4n) is 4.09. The van der Waals surface area contributed by atoms with Gasteiger partial charge in [0.25, 0.3) is 0 Å². The molecule has 174 valence electrons. The second-order valence-corrected chi connectivity index (χ2v) is 12.3. The van der Waals surface area contributed by atoms with Crippen molar-refractivity contribution < 1.29 is 26.4 Å². The van der Waals surface area contributed by atoms with Crippen molar-refractivity contribution in [1.82, 2.24) is 10.2 Å². The first-order valence-electron chi connectivity index (χ1n) is 10.5. The van der Waals surface area contributed by atoms with Crippen LogP contribution in [-0.2, 0) is 24.7 Å². The van der Waals surface area contributed by atoms with Gasteiger partial charge in [0.2, 0.25) is 15.9 Å². The first kappa shape index (κ1) is 23.8. The van der Waals surface area contributed by atoms with Crippen molar-refractivity contribution in [3.8, 4) is 5.75 Å². The molecule has 2 heterocycles. The van der Waals surface area contributed by atoms with Gasteiger partial charge in [0.05, 0.1) is 23.7 Å². The van der Waals surface area contributed by atoms with Gasteiger partial charge in [-0.25, -0.2) is 16.8 Å². The zero-order chi connectivity index (χ0) is 22.6. The Bertz CT molecular complexity index is 971. The number of nitrogens with one attached hydrogen (secondary N) is 2.